The van der Waals surface area contributed by atoms with Crippen LogP contribution in [0.5, 0.6) is 0 Å². The molecule has 0 saturated heterocycles. The highest BCUT2D eigenvalue weighted by Crippen LogP contribution is 2.14. The lowest BCUT2D eigenvalue weighted by Crippen LogP contribution is -2.21. The van der Waals surface area contributed by atoms with Gasteiger partial charge in [-0.1, -0.05) is 50.7 Å². The highest BCUT2D eigenvalue weighted by molar-refractivity contribution is 6.82. The Labute approximate surface area is 72.7 Å². The van der Waals surface area contributed by atoms with Crippen LogP contribution in [0.1, 0.15) is 33.1 Å². The Bertz CT molecular complexity index is 128. The Morgan fingerprint density at radius 3 is 2.18 bits per heavy atom. The largest absolute Gasteiger partial charge is 0.0894 e. The fourth-order valence-corrected chi connectivity index (χ4v) is 1.59. The maximum atomic E-state index is 2.44. The average Bonchev–Trinajstić information content (AvgIpc) is 1.86. The fourth-order valence-electron chi connectivity index (χ4n) is 0.829. The summed E-state index contributed by atoms with van der Waals surface area (Å²) in [6, 6.07) is 0. The lowest BCUT2D eigenvalue weighted by atomic mass is 10.2. The maximum absolute atomic E-state index is 2.44. The van der Waals surface area contributed by atoms with Gasteiger partial charge in [0, 0.05) is 0 Å². The molecule has 0 rings (SSSR count). The van der Waals surface area contributed by atoms with E-state index < -0.39 is 8.07 Å². The van der Waals surface area contributed by atoms with Crippen LogP contribution in [-0.2, 0) is 0 Å². The van der Waals surface area contributed by atoms with Gasteiger partial charge in [-0.25, -0.2) is 0 Å². The molecule has 66 valence electrons. The van der Waals surface area contributed by atoms with Gasteiger partial charge in [-0.3, -0.25) is 0 Å². The zero-order valence-corrected chi connectivity index (χ0v) is 9.70. The van der Waals surface area contributed by atoms with E-state index in [4.69, 9.17) is 0 Å². The number of hydrogen-bond acceptors (Lipinski definition) is 0. The summed E-state index contributed by atoms with van der Waals surface area (Å²) in [5.41, 5.74) is 0. The summed E-state index contributed by atoms with van der Waals surface area (Å²) in [4.78, 5) is 0. The molecule has 11 heavy (non-hydrogen) atoms. The molecule has 0 bridgehead atoms. The Morgan fingerprint density at radius 2 is 1.82 bits per heavy atom. The predicted molar refractivity (Wildman–Crippen MR) is 56.6 cm³/mol. The molecule has 1 heteroatoms. The van der Waals surface area contributed by atoms with Crippen molar-refractivity contribution in [1.29, 1.82) is 0 Å². The average molecular weight is 170 g/mol. The van der Waals surface area contributed by atoms with Gasteiger partial charge in [-0.2, -0.15) is 0 Å². The number of allylic oxidation sites excluding steroid dienone is 2. The molecule has 0 aliphatic heterocycles. The quantitative estimate of drug-likeness (QED) is 0.442. The summed E-state index contributed by atoms with van der Waals surface area (Å²) in [5, 5.41) is 1.66. The van der Waals surface area contributed by atoms with Crippen LogP contribution in [0, 0.1) is 0 Å². The molecular formula is C10H22Si. The van der Waals surface area contributed by atoms with Crippen LogP contribution >= 0.6 is 0 Å². The van der Waals surface area contributed by atoms with Crippen LogP contribution in [0.15, 0.2) is 11.3 Å². The van der Waals surface area contributed by atoms with Crippen molar-refractivity contribution in [1.82, 2.24) is 0 Å². The molecule has 0 saturated carbocycles. The minimum atomic E-state index is -0.949. The monoisotopic (exact) mass is 170 g/mol. The van der Waals surface area contributed by atoms with Gasteiger partial charge < -0.3 is 0 Å². The molecule has 0 radical (unpaired) electrons. The highest BCUT2D eigenvalue weighted by atomic mass is 28.3. The van der Waals surface area contributed by atoms with Crippen LogP contribution in [0.3, 0.4) is 0 Å². The third-order valence-electron chi connectivity index (χ3n) is 2.19. The standard InChI is InChI=1S/C10H22Si/c1-6-7-8-9-10(2)11(3,4)5/h9H,6-8H2,1-5H3/b10-9-. The number of unbranched alkanes of at least 4 members (excludes halogenated alkanes) is 2. The zero-order valence-electron chi connectivity index (χ0n) is 8.70. The van der Waals surface area contributed by atoms with Crippen molar-refractivity contribution in [2.45, 2.75) is 52.8 Å². The van der Waals surface area contributed by atoms with E-state index >= 15 is 0 Å². The lowest BCUT2D eigenvalue weighted by molar-refractivity contribution is 0.813. The van der Waals surface area contributed by atoms with E-state index in [1.807, 2.05) is 0 Å². The molecule has 0 amide bonds. The summed E-state index contributed by atoms with van der Waals surface area (Å²) in [6.07, 6.45) is 6.39. The van der Waals surface area contributed by atoms with Gasteiger partial charge in [0.05, 0.1) is 8.07 Å². The van der Waals surface area contributed by atoms with Crippen molar-refractivity contribution >= 4 is 8.07 Å². The van der Waals surface area contributed by atoms with Gasteiger partial charge in [0.15, 0.2) is 0 Å². The number of hydrogen-bond donors (Lipinski definition) is 0. The molecule has 0 spiro atoms. The topological polar surface area (TPSA) is 0 Å². The molecular weight excluding hydrogens is 148 g/mol. The Morgan fingerprint density at radius 1 is 1.27 bits per heavy atom. The first-order valence-corrected chi connectivity index (χ1v) is 8.15. The van der Waals surface area contributed by atoms with E-state index in [0.717, 1.165) is 0 Å². The van der Waals surface area contributed by atoms with Crippen molar-refractivity contribution in [3.05, 3.63) is 11.3 Å². The Balaban J connectivity index is 3.81. The summed E-state index contributed by atoms with van der Waals surface area (Å²) in [5.74, 6) is 0. The van der Waals surface area contributed by atoms with Crippen molar-refractivity contribution in [3.8, 4) is 0 Å². The second-order valence-corrected chi connectivity index (χ2v) is 9.57. The molecule has 0 aliphatic carbocycles. The van der Waals surface area contributed by atoms with Crippen LogP contribution in [0.4, 0.5) is 0 Å². The molecule has 0 fully saturated rings. The first-order valence-electron chi connectivity index (χ1n) is 4.65. The van der Waals surface area contributed by atoms with E-state index in [1.165, 1.54) is 19.3 Å². The normalized spacial score (nSPS) is 13.7. The SMILES string of the molecule is CCCC/C=C(/C)[Si](C)(C)C. The van der Waals surface area contributed by atoms with E-state index in [0.29, 0.717) is 0 Å². The molecule has 0 aromatic rings. The smallest absolute Gasteiger partial charge is 0.0716 e. The molecule has 0 aliphatic rings. The molecule has 0 nitrogen and oxygen atoms in total. The Hall–Kier alpha value is -0.0431. The molecule has 0 unspecified atom stereocenters. The van der Waals surface area contributed by atoms with E-state index in [-0.39, 0.29) is 0 Å². The van der Waals surface area contributed by atoms with Gasteiger partial charge in [0.25, 0.3) is 0 Å². The van der Waals surface area contributed by atoms with E-state index in [1.54, 1.807) is 5.20 Å². The van der Waals surface area contributed by atoms with E-state index in [2.05, 4.69) is 39.6 Å². The fraction of sp³-hybridized carbons (Fsp3) is 0.800. The first kappa shape index (κ1) is 11.0. The van der Waals surface area contributed by atoms with Gasteiger partial charge in [-0.05, 0) is 13.3 Å². The summed E-state index contributed by atoms with van der Waals surface area (Å²) in [7, 11) is -0.949. The van der Waals surface area contributed by atoms with Gasteiger partial charge in [0.2, 0.25) is 0 Å². The van der Waals surface area contributed by atoms with Crippen LogP contribution in [0.25, 0.3) is 0 Å². The van der Waals surface area contributed by atoms with Gasteiger partial charge in [0.1, 0.15) is 0 Å². The summed E-state index contributed by atoms with van der Waals surface area (Å²) < 4.78 is 0. The molecule has 0 aromatic heterocycles. The third kappa shape index (κ3) is 5.25. The summed E-state index contributed by atoms with van der Waals surface area (Å²) in [6.45, 7) is 11.8. The molecule has 0 heterocycles. The van der Waals surface area contributed by atoms with Crippen molar-refractivity contribution in [2.24, 2.45) is 0 Å². The zero-order chi connectivity index (χ0) is 8.91. The third-order valence-corrected chi connectivity index (χ3v) is 4.76. The van der Waals surface area contributed by atoms with Gasteiger partial charge >= 0.3 is 0 Å². The van der Waals surface area contributed by atoms with Crippen molar-refractivity contribution < 1.29 is 0 Å². The lowest BCUT2D eigenvalue weighted by Gasteiger charge is -2.16. The molecule has 0 atom stereocenters. The second kappa shape index (κ2) is 4.76. The van der Waals surface area contributed by atoms with Crippen LogP contribution < -0.4 is 0 Å². The Kier molecular flexibility index (Phi) is 4.74. The number of rotatable bonds is 4. The predicted octanol–water partition coefficient (Wildman–Crippen LogP) is 4.00. The summed E-state index contributed by atoms with van der Waals surface area (Å²) >= 11 is 0. The minimum Gasteiger partial charge on any atom is -0.0894 e. The second-order valence-electron chi connectivity index (χ2n) is 4.28. The first-order chi connectivity index (χ1) is 4.98. The van der Waals surface area contributed by atoms with Crippen LogP contribution in [0.2, 0.25) is 19.6 Å². The minimum absolute atomic E-state index is 0.949. The van der Waals surface area contributed by atoms with Gasteiger partial charge in [-0.15, -0.1) is 0 Å². The van der Waals surface area contributed by atoms with Crippen molar-refractivity contribution in [2.75, 3.05) is 0 Å². The van der Waals surface area contributed by atoms with E-state index in [9.17, 15) is 0 Å². The maximum Gasteiger partial charge on any atom is 0.0716 e. The highest BCUT2D eigenvalue weighted by Gasteiger charge is 2.13. The molecule has 0 aromatic carbocycles. The molecule has 0 N–H and O–H groups in total. The van der Waals surface area contributed by atoms with Crippen LogP contribution in [-0.4, -0.2) is 8.07 Å². The van der Waals surface area contributed by atoms with Crippen molar-refractivity contribution in [3.63, 3.8) is 0 Å².